The highest BCUT2D eigenvalue weighted by molar-refractivity contribution is 8.29. The number of carboxylic acid groups (broad SMARTS) is 1. The number of hydrogen-bond acceptors (Lipinski definition) is 3. The van der Waals surface area contributed by atoms with Gasteiger partial charge in [0, 0.05) is 0 Å². The number of carboxylic acids is 1. The van der Waals surface area contributed by atoms with Gasteiger partial charge in [-0.25, -0.2) is 4.79 Å². The molecule has 1 rings (SSSR count). The molecule has 100 valence electrons. The van der Waals surface area contributed by atoms with Crippen LogP contribution in [0.5, 0.6) is 5.75 Å². The zero-order valence-electron chi connectivity index (χ0n) is 10.5. The minimum atomic E-state index is -1.39. The summed E-state index contributed by atoms with van der Waals surface area (Å²) in [6.45, 7) is 3.79. The van der Waals surface area contributed by atoms with Crippen molar-refractivity contribution >= 4 is 22.0 Å². The van der Waals surface area contributed by atoms with E-state index in [0.717, 1.165) is 0 Å². The van der Waals surface area contributed by atoms with E-state index in [-0.39, 0.29) is 5.12 Å². The predicted octanol–water partition coefficient (Wildman–Crippen LogP) is 2.09. The molecule has 0 fully saturated rings. The van der Waals surface area contributed by atoms with Crippen LogP contribution in [0, 0.1) is 0 Å². The number of carbonyl (C=O) groups is 2. The van der Waals surface area contributed by atoms with Crippen molar-refractivity contribution in [3.63, 3.8) is 0 Å². The van der Waals surface area contributed by atoms with Gasteiger partial charge in [0.2, 0.25) is 5.12 Å². The van der Waals surface area contributed by atoms with Gasteiger partial charge in [0.25, 0.3) is 6.10 Å². The number of rotatable bonds is 6. The maximum absolute atomic E-state index is 12.1. The molecule has 1 unspecified atom stereocenters. The molecule has 0 amide bonds. The van der Waals surface area contributed by atoms with Crippen LogP contribution >= 0.6 is 10.9 Å². The maximum Gasteiger partial charge on any atom is 0.353 e. The van der Waals surface area contributed by atoms with Crippen molar-refractivity contribution in [3.8, 4) is 5.75 Å². The Morgan fingerprint density at radius 2 is 1.78 bits per heavy atom. The smallest absolute Gasteiger partial charge is 0.353 e. The second-order valence-electron chi connectivity index (χ2n) is 3.66. The molecular weight excluding hydrogens is 252 g/mol. The van der Waals surface area contributed by atoms with Crippen LogP contribution in [-0.4, -0.2) is 33.8 Å². The first-order valence-corrected chi connectivity index (χ1v) is 7.54. The highest BCUT2D eigenvalue weighted by Gasteiger charge is 2.31. The van der Waals surface area contributed by atoms with Crippen molar-refractivity contribution < 1.29 is 19.4 Å². The van der Waals surface area contributed by atoms with Gasteiger partial charge in [0.1, 0.15) is 5.75 Å². The molecule has 0 aliphatic carbocycles. The largest absolute Gasteiger partial charge is 0.478 e. The Balaban J connectivity index is 2.84. The molecule has 0 bridgehead atoms. The van der Waals surface area contributed by atoms with E-state index in [9.17, 15) is 9.59 Å². The van der Waals surface area contributed by atoms with E-state index < -0.39 is 23.0 Å². The lowest BCUT2D eigenvalue weighted by Gasteiger charge is -2.21. The predicted molar refractivity (Wildman–Crippen MR) is 73.6 cm³/mol. The second kappa shape index (κ2) is 7.06. The fraction of sp³-hybridized carbons (Fsp3) is 0.385. The van der Waals surface area contributed by atoms with Gasteiger partial charge in [-0.1, -0.05) is 32.0 Å². The van der Waals surface area contributed by atoms with Crippen molar-refractivity contribution in [1.82, 2.24) is 0 Å². The van der Waals surface area contributed by atoms with Crippen LogP contribution in [0.3, 0.4) is 0 Å². The topological polar surface area (TPSA) is 63.6 Å². The van der Waals surface area contributed by atoms with Gasteiger partial charge in [-0.3, -0.25) is 4.79 Å². The van der Waals surface area contributed by atoms with E-state index in [4.69, 9.17) is 9.84 Å². The van der Waals surface area contributed by atoms with Crippen molar-refractivity contribution in [2.75, 3.05) is 11.5 Å². The summed E-state index contributed by atoms with van der Waals surface area (Å²) in [6, 6.07) is 8.56. The lowest BCUT2D eigenvalue weighted by Crippen LogP contribution is -2.36. The molecule has 18 heavy (non-hydrogen) atoms. The fourth-order valence-electron chi connectivity index (χ4n) is 1.54. The average Bonchev–Trinajstić information content (AvgIpc) is 2.38. The fourth-order valence-corrected chi connectivity index (χ4v) is 3.11. The summed E-state index contributed by atoms with van der Waals surface area (Å²) in [6.07, 6.45) is -1.39. The van der Waals surface area contributed by atoms with Gasteiger partial charge in [0.05, 0.1) is 0 Å². The first kappa shape index (κ1) is 14.6. The first-order valence-electron chi connectivity index (χ1n) is 5.83. The Hall–Kier alpha value is -1.49. The van der Waals surface area contributed by atoms with Crippen molar-refractivity contribution in [2.45, 2.75) is 20.0 Å². The molecule has 5 heteroatoms. The summed E-state index contributed by atoms with van der Waals surface area (Å²) in [5.41, 5.74) is 0. The van der Waals surface area contributed by atoms with E-state index in [1.165, 1.54) is 0 Å². The highest BCUT2D eigenvalue weighted by atomic mass is 32.2. The van der Waals surface area contributed by atoms with Gasteiger partial charge >= 0.3 is 5.97 Å². The zero-order chi connectivity index (χ0) is 13.5. The number of para-hydroxylation sites is 1. The summed E-state index contributed by atoms with van der Waals surface area (Å²) in [4.78, 5) is 23.2. The lowest BCUT2D eigenvalue weighted by atomic mass is 10.3. The molecule has 0 aromatic heterocycles. The summed E-state index contributed by atoms with van der Waals surface area (Å²) in [5, 5.41) is 8.81. The lowest BCUT2D eigenvalue weighted by molar-refractivity contribution is -0.147. The van der Waals surface area contributed by atoms with Crippen molar-refractivity contribution in [3.05, 3.63) is 30.3 Å². The molecule has 1 aromatic carbocycles. The van der Waals surface area contributed by atoms with Crippen LogP contribution in [0.1, 0.15) is 13.8 Å². The minimum Gasteiger partial charge on any atom is -0.478 e. The standard InChI is InChI=1S/C13H18O4S/c1-3-18(4-2)13(16)11(12(14)15)17-10-8-6-5-7-9-10/h5-9,11,18H,3-4H2,1-2H3,(H,14,15). The van der Waals surface area contributed by atoms with Crippen LogP contribution in [0.4, 0.5) is 0 Å². The van der Waals surface area contributed by atoms with Crippen molar-refractivity contribution in [2.24, 2.45) is 0 Å². The molecule has 4 nitrogen and oxygen atoms in total. The van der Waals surface area contributed by atoms with Crippen LogP contribution in [0.2, 0.25) is 0 Å². The number of benzene rings is 1. The molecule has 1 aromatic rings. The molecule has 0 saturated heterocycles. The monoisotopic (exact) mass is 270 g/mol. The number of ether oxygens (including phenoxy) is 1. The Bertz CT molecular complexity index is 401. The third kappa shape index (κ3) is 3.77. The Labute approximate surface area is 109 Å². The SMILES string of the molecule is CC[SH](CC)C(=O)C(Oc1ccccc1)C(=O)O. The molecular formula is C13H18O4S. The molecule has 0 spiro atoms. The third-order valence-corrected chi connectivity index (χ3v) is 4.91. The number of aliphatic carboxylic acids is 1. The highest BCUT2D eigenvalue weighted by Crippen LogP contribution is 2.28. The van der Waals surface area contributed by atoms with Gasteiger partial charge in [-0.05, 0) is 23.6 Å². The van der Waals surface area contributed by atoms with Gasteiger partial charge < -0.3 is 9.84 Å². The normalized spacial score (nSPS) is 12.7. The van der Waals surface area contributed by atoms with Gasteiger partial charge in [-0.2, -0.15) is 10.9 Å². The minimum absolute atomic E-state index is 0.300. The summed E-state index contributed by atoms with van der Waals surface area (Å²) < 4.78 is 5.29. The Kier molecular flexibility index (Phi) is 5.71. The van der Waals surface area contributed by atoms with E-state index in [1.807, 2.05) is 13.8 Å². The summed E-state index contributed by atoms with van der Waals surface area (Å²) in [7, 11) is -0.930. The van der Waals surface area contributed by atoms with Gasteiger partial charge in [0.15, 0.2) is 0 Å². The molecule has 0 aliphatic heterocycles. The molecule has 0 saturated carbocycles. The second-order valence-corrected chi connectivity index (χ2v) is 6.45. The third-order valence-electron chi connectivity index (χ3n) is 2.52. The van der Waals surface area contributed by atoms with Crippen LogP contribution in [0.15, 0.2) is 30.3 Å². The first-order chi connectivity index (χ1) is 8.60. The number of carbonyl (C=O) groups excluding carboxylic acids is 1. The molecule has 1 N–H and O–H groups in total. The van der Waals surface area contributed by atoms with E-state index in [2.05, 4.69) is 0 Å². The van der Waals surface area contributed by atoms with E-state index in [1.54, 1.807) is 30.3 Å². The Morgan fingerprint density at radius 1 is 1.22 bits per heavy atom. The molecule has 1 atom stereocenters. The maximum atomic E-state index is 12.1. The zero-order valence-corrected chi connectivity index (χ0v) is 11.4. The summed E-state index contributed by atoms with van der Waals surface area (Å²) in [5.74, 6) is 0.554. The average molecular weight is 270 g/mol. The molecule has 0 radical (unpaired) electrons. The quantitative estimate of drug-likeness (QED) is 0.613. The number of hydrogen-bond donors (Lipinski definition) is 2. The van der Waals surface area contributed by atoms with E-state index >= 15 is 0 Å². The van der Waals surface area contributed by atoms with Crippen LogP contribution in [0.25, 0.3) is 0 Å². The molecule has 0 heterocycles. The summed E-state index contributed by atoms with van der Waals surface area (Å²) >= 11 is 0. The van der Waals surface area contributed by atoms with Crippen molar-refractivity contribution in [1.29, 1.82) is 0 Å². The molecule has 0 aliphatic rings. The Morgan fingerprint density at radius 3 is 2.22 bits per heavy atom. The van der Waals surface area contributed by atoms with E-state index in [0.29, 0.717) is 17.3 Å². The van der Waals surface area contributed by atoms with Gasteiger partial charge in [-0.15, -0.1) is 0 Å². The van der Waals surface area contributed by atoms with Crippen LogP contribution in [-0.2, 0) is 9.59 Å². The van der Waals surface area contributed by atoms with Crippen LogP contribution < -0.4 is 4.74 Å². The number of thiol groups is 1.